The fourth-order valence-electron chi connectivity index (χ4n) is 2.95. The summed E-state index contributed by atoms with van der Waals surface area (Å²) in [6.07, 6.45) is 2.83. The number of halogens is 1. The molecular weight excluding hydrogens is 382 g/mol. The van der Waals surface area contributed by atoms with E-state index in [1.807, 2.05) is 26.0 Å². The summed E-state index contributed by atoms with van der Waals surface area (Å²) in [6.45, 7) is 8.16. The Labute approximate surface area is 156 Å². The molecule has 25 heavy (non-hydrogen) atoms. The van der Waals surface area contributed by atoms with Crippen LogP contribution in [0.3, 0.4) is 0 Å². The summed E-state index contributed by atoms with van der Waals surface area (Å²) in [4.78, 5) is 25.1. The van der Waals surface area contributed by atoms with Gasteiger partial charge in [-0.05, 0) is 37.0 Å². The van der Waals surface area contributed by atoms with E-state index in [0.717, 1.165) is 34.8 Å². The highest BCUT2D eigenvalue weighted by atomic mass is 79.9. The molecule has 0 radical (unpaired) electrons. The minimum Gasteiger partial charge on any atom is -0.352 e. The molecule has 0 unspecified atom stereocenters. The number of aromatic nitrogens is 2. The molecule has 2 aromatic rings. The molecule has 0 bridgehead atoms. The van der Waals surface area contributed by atoms with Crippen molar-refractivity contribution >= 4 is 32.6 Å². The summed E-state index contributed by atoms with van der Waals surface area (Å²) in [7, 11) is 0. The van der Waals surface area contributed by atoms with Crippen molar-refractivity contribution in [2.45, 2.75) is 65.5 Å². The van der Waals surface area contributed by atoms with E-state index in [2.05, 4.69) is 40.2 Å². The maximum atomic E-state index is 12.7. The highest BCUT2D eigenvalue weighted by Gasteiger charge is 2.16. The van der Waals surface area contributed by atoms with Crippen LogP contribution in [0.2, 0.25) is 0 Å². The average Bonchev–Trinajstić information content (AvgIpc) is 2.56. The monoisotopic (exact) mass is 407 g/mol. The lowest BCUT2D eigenvalue weighted by atomic mass is 10.0. The largest absolute Gasteiger partial charge is 0.352 e. The number of nitrogens with zero attached hydrogens (tertiary/aromatic N) is 2. The molecule has 0 aliphatic rings. The lowest BCUT2D eigenvalue weighted by molar-refractivity contribution is -0.122. The zero-order chi connectivity index (χ0) is 18.6. The van der Waals surface area contributed by atoms with Crippen LogP contribution < -0.4 is 10.9 Å². The topological polar surface area (TPSA) is 64.0 Å². The highest BCUT2D eigenvalue weighted by molar-refractivity contribution is 9.10. The molecule has 2 rings (SSSR count). The molecule has 1 amide bonds. The Balaban J connectivity index is 2.38. The van der Waals surface area contributed by atoms with Crippen LogP contribution >= 0.6 is 15.9 Å². The molecule has 0 saturated carbocycles. The summed E-state index contributed by atoms with van der Waals surface area (Å²) in [5, 5.41) is 8.92. The van der Waals surface area contributed by atoms with Gasteiger partial charge in [0.15, 0.2) is 0 Å². The minimum atomic E-state index is -0.231. The first-order valence-electron chi connectivity index (χ1n) is 8.87. The molecule has 0 aliphatic heterocycles. The van der Waals surface area contributed by atoms with E-state index < -0.39 is 0 Å². The zero-order valence-electron chi connectivity index (χ0n) is 15.3. The quantitative estimate of drug-likeness (QED) is 0.754. The molecule has 1 aromatic heterocycles. The Kier molecular flexibility index (Phi) is 6.76. The van der Waals surface area contributed by atoms with Crippen LogP contribution in [-0.2, 0) is 11.3 Å². The van der Waals surface area contributed by atoms with Crippen LogP contribution in [-0.4, -0.2) is 21.7 Å². The molecule has 1 aromatic carbocycles. The summed E-state index contributed by atoms with van der Waals surface area (Å²) in [5.41, 5.74) is 0.592. The van der Waals surface area contributed by atoms with Crippen molar-refractivity contribution < 1.29 is 4.79 Å². The second-order valence-electron chi connectivity index (χ2n) is 6.65. The number of benzene rings is 1. The average molecular weight is 408 g/mol. The number of carbonyl (C=O) groups excluding carboxylic acids is 1. The summed E-state index contributed by atoms with van der Waals surface area (Å²) in [5.74, 6) is -0.0174. The number of amides is 1. The number of carbonyl (C=O) groups is 1. The summed E-state index contributed by atoms with van der Waals surface area (Å²) >= 11 is 3.45. The van der Waals surface area contributed by atoms with Crippen molar-refractivity contribution in [3.05, 3.63) is 38.7 Å². The molecule has 0 fully saturated rings. The molecule has 0 aliphatic carbocycles. The van der Waals surface area contributed by atoms with Gasteiger partial charge in [-0.15, -0.1) is 0 Å². The van der Waals surface area contributed by atoms with Gasteiger partial charge in [0.25, 0.3) is 5.56 Å². The van der Waals surface area contributed by atoms with Crippen LogP contribution in [0.5, 0.6) is 0 Å². The highest BCUT2D eigenvalue weighted by Crippen LogP contribution is 2.24. The number of rotatable bonds is 7. The standard InChI is InChI=1S/C19H26BrN3O2/c1-5-7-14(6-2)21-17(24)11-23-19(25)15-9-8-13(20)10-16(15)18(22-23)12(3)4/h8-10,12,14H,5-7,11H2,1-4H3,(H,21,24)/t14-/m1/s1. The van der Waals surface area contributed by atoms with Crippen molar-refractivity contribution in [1.82, 2.24) is 15.1 Å². The van der Waals surface area contributed by atoms with E-state index in [9.17, 15) is 9.59 Å². The lowest BCUT2D eigenvalue weighted by Crippen LogP contribution is -2.39. The predicted octanol–water partition coefficient (Wildman–Crippen LogP) is 3.98. The lowest BCUT2D eigenvalue weighted by Gasteiger charge is -2.17. The maximum absolute atomic E-state index is 12.7. The normalized spacial score (nSPS) is 12.6. The van der Waals surface area contributed by atoms with E-state index in [-0.39, 0.29) is 30.0 Å². The number of hydrogen-bond donors (Lipinski definition) is 1. The van der Waals surface area contributed by atoms with Crippen LogP contribution in [0.1, 0.15) is 58.6 Å². The third-order valence-corrected chi connectivity index (χ3v) is 4.78. The Morgan fingerprint density at radius 2 is 2.00 bits per heavy atom. The fraction of sp³-hybridized carbons (Fsp3) is 0.526. The first kappa shape index (κ1) is 19.6. The third-order valence-electron chi connectivity index (χ3n) is 4.29. The second-order valence-corrected chi connectivity index (χ2v) is 7.57. The van der Waals surface area contributed by atoms with Gasteiger partial charge in [0.1, 0.15) is 6.54 Å². The van der Waals surface area contributed by atoms with Crippen LogP contribution in [0.4, 0.5) is 0 Å². The van der Waals surface area contributed by atoms with Crippen LogP contribution in [0, 0.1) is 0 Å². The molecule has 1 N–H and O–H groups in total. The van der Waals surface area contributed by atoms with Gasteiger partial charge in [-0.25, -0.2) is 4.68 Å². The van der Waals surface area contributed by atoms with Crippen LogP contribution in [0.15, 0.2) is 27.5 Å². The van der Waals surface area contributed by atoms with Crippen molar-refractivity contribution in [3.63, 3.8) is 0 Å². The van der Waals surface area contributed by atoms with Gasteiger partial charge in [-0.3, -0.25) is 9.59 Å². The summed E-state index contributed by atoms with van der Waals surface area (Å²) < 4.78 is 2.20. The zero-order valence-corrected chi connectivity index (χ0v) is 16.9. The van der Waals surface area contributed by atoms with E-state index >= 15 is 0 Å². The number of fused-ring (bicyclic) bond motifs is 1. The second kappa shape index (κ2) is 8.61. The molecule has 1 heterocycles. The molecule has 136 valence electrons. The van der Waals surface area contributed by atoms with Gasteiger partial charge in [0, 0.05) is 15.9 Å². The molecular formula is C19H26BrN3O2. The molecule has 0 saturated heterocycles. The number of hydrogen-bond acceptors (Lipinski definition) is 3. The van der Waals surface area contributed by atoms with Crippen molar-refractivity contribution in [3.8, 4) is 0 Å². The van der Waals surface area contributed by atoms with Gasteiger partial charge < -0.3 is 5.32 Å². The third kappa shape index (κ3) is 4.69. The Hall–Kier alpha value is -1.69. The van der Waals surface area contributed by atoms with Crippen molar-refractivity contribution in [1.29, 1.82) is 0 Å². The van der Waals surface area contributed by atoms with Gasteiger partial charge in [0.2, 0.25) is 5.91 Å². The molecule has 1 atom stereocenters. The van der Waals surface area contributed by atoms with E-state index in [1.54, 1.807) is 6.07 Å². The molecule has 6 heteroatoms. The van der Waals surface area contributed by atoms with Crippen molar-refractivity contribution in [2.24, 2.45) is 0 Å². The van der Waals surface area contributed by atoms with Crippen molar-refractivity contribution in [2.75, 3.05) is 0 Å². The first-order chi connectivity index (χ1) is 11.9. The Morgan fingerprint density at radius 3 is 2.60 bits per heavy atom. The van der Waals surface area contributed by atoms with E-state index in [0.29, 0.717) is 5.39 Å². The summed E-state index contributed by atoms with van der Waals surface area (Å²) in [6, 6.07) is 5.69. The fourth-order valence-corrected chi connectivity index (χ4v) is 3.31. The van der Waals surface area contributed by atoms with E-state index in [4.69, 9.17) is 0 Å². The number of nitrogens with one attached hydrogen (secondary N) is 1. The van der Waals surface area contributed by atoms with Gasteiger partial charge in [0.05, 0.1) is 11.1 Å². The van der Waals surface area contributed by atoms with Gasteiger partial charge in [-0.2, -0.15) is 5.10 Å². The smallest absolute Gasteiger partial charge is 0.275 e. The van der Waals surface area contributed by atoms with Gasteiger partial charge in [-0.1, -0.05) is 50.0 Å². The predicted molar refractivity (Wildman–Crippen MR) is 105 cm³/mol. The van der Waals surface area contributed by atoms with Crippen LogP contribution in [0.25, 0.3) is 10.8 Å². The molecule has 5 nitrogen and oxygen atoms in total. The molecule has 0 spiro atoms. The SMILES string of the molecule is CCC[C@@H](CC)NC(=O)Cn1nc(C(C)C)c2cc(Br)ccc2c1=O. The Morgan fingerprint density at radius 1 is 1.28 bits per heavy atom. The van der Waals surface area contributed by atoms with E-state index in [1.165, 1.54) is 4.68 Å². The van der Waals surface area contributed by atoms with Gasteiger partial charge >= 0.3 is 0 Å². The first-order valence-corrected chi connectivity index (χ1v) is 9.66. The minimum absolute atomic E-state index is 0.0508. The maximum Gasteiger partial charge on any atom is 0.275 e. The Bertz CT molecular complexity index is 814.